The third-order valence-electron chi connectivity index (χ3n) is 2.25. The van der Waals surface area contributed by atoms with E-state index >= 15 is 0 Å². The van der Waals surface area contributed by atoms with E-state index in [1.165, 1.54) is 4.68 Å². The van der Waals surface area contributed by atoms with Crippen LogP contribution in [0.25, 0.3) is 0 Å². The van der Waals surface area contributed by atoms with Gasteiger partial charge in [0, 0.05) is 11.9 Å². The van der Waals surface area contributed by atoms with Gasteiger partial charge in [-0.1, -0.05) is 29.3 Å². The first kappa shape index (κ1) is 11.7. The van der Waals surface area contributed by atoms with Gasteiger partial charge in [0.05, 0.1) is 0 Å². The molecule has 0 bridgehead atoms. The van der Waals surface area contributed by atoms with Gasteiger partial charge in [-0.2, -0.15) is 5.10 Å². The Balaban J connectivity index is 1.95. The maximum absolute atomic E-state index is 11.7. The van der Waals surface area contributed by atoms with E-state index in [0.29, 0.717) is 5.15 Å². The van der Waals surface area contributed by atoms with E-state index in [2.05, 4.69) is 10.4 Å². The van der Waals surface area contributed by atoms with Crippen LogP contribution in [0.5, 0.6) is 0 Å². The number of hydrogen-bond donors (Lipinski definition) is 1. The fourth-order valence-electron chi connectivity index (χ4n) is 1.41. The number of aromatic nitrogens is 2. The maximum atomic E-state index is 11.7. The number of anilines is 1. The first-order valence-electron chi connectivity index (χ1n) is 5.19. The standard InChI is InChI=1S/C12H12ClN3O/c1-9-2-4-10(5-3-9)14-12(17)8-16-7-6-11(13)15-16/h2-7H,8H2,1H3,(H,14,17). The molecule has 1 aromatic heterocycles. The molecule has 0 aliphatic rings. The van der Waals surface area contributed by atoms with Crippen molar-refractivity contribution < 1.29 is 4.79 Å². The molecule has 4 nitrogen and oxygen atoms in total. The second kappa shape index (κ2) is 5.01. The molecular formula is C12H12ClN3O. The van der Waals surface area contributed by atoms with Crippen LogP contribution in [0.3, 0.4) is 0 Å². The summed E-state index contributed by atoms with van der Waals surface area (Å²) in [5.74, 6) is -0.131. The third-order valence-corrected chi connectivity index (χ3v) is 2.45. The summed E-state index contributed by atoms with van der Waals surface area (Å²) >= 11 is 5.66. The van der Waals surface area contributed by atoms with E-state index in [1.54, 1.807) is 12.3 Å². The first-order chi connectivity index (χ1) is 8.13. The molecule has 1 aromatic carbocycles. The van der Waals surface area contributed by atoms with Gasteiger partial charge < -0.3 is 5.32 Å². The molecule has 0 unspecified atom stereocenters. The second-order valence-electron chi connectivity index (χ2n) is 3.75. The number of rotatable bonds is 3. The molecule has 88 valence electrons. The molecule has 0 atom stereocenters. The lowest BCUT2D eigenvalue weighted by molar-refractivity contribution is -0.116. The Morgan fingerprint density at radius 2 is 2.06 bits per heavy atom. The summed E-state index contributed by atoms with van der Waals surface area (Å²) in [5.41, 5.74) is 1.93. The molecule has 17 heavy (non-hydrogen) atoms. The molecule has 5 heteroatoms. The SMILES string of the molecule is Cc1ccc(NC(=O)Cn2ccc(Cl)n2)cc1. The fourth-order valence-corrected chi connectivity index (χ4v) is 1.56. The van der Waals surface area contributed by atoms with Gasteiger partial charge in [0.25, 0.3) is 0 Å². The van der Waals surface area contributed by atoms with E-state index in [-0.39, 0.29) is 12.5 Å². The summed E-state index contributed by atoms with van der Waals surface area (Å²) in [6.07, 6.45) is 1.66. The van der Waals surface area contributed by atoms with Crippen molar-refractivity contribution in [2.24, 2.45) is 0 Å². The van der Waals surface area contributed by atoms with E-state index < -0.39 is 0 Å². The summed E-state index contributed by atoms with van der Waals surface area (Å²) in [4.78, 5) is 11.7. The average Bonchev–Trinajstić information content (AvgIpc) is 2.67. The molecule has 1 N–H and O–H groups in total. The van der Waals surface area contributed by atoms with Crippen molar-refractivity contribution in [3.63, 3.8) is 0 Å². The highest BCUT2D eigenvalue weighted by Gasteiger charge is 2.04. The number of carbonyl (C=O) groups is 1. The number of halogens is 1. The zero-order valence-corrected chi connectivity index (χ0v) is 10.1. The number of aryl methyl sites for hydroxylation is 1. The third kappa shape index (κ3) is 3.32. The molecule has 2 rings (SSSR count). The van der Waals surface area contributed by atoms with E-state index in [4.69, 9.17) is 11.6 Å². The van der Waals surface area contributed by atoms with E-state index in [1.807, 2.05) is 31.2 Å². The lowest BCUT2D eigenvalue weighted by Crippen LogP contribution is -2.18. The van der Waals surface area contributed by atoms with Crippen LogP contribution in [0.15, 0.2) is 36.5 Å². The summed E-state index contributed by atoms with van der Waals surface area (Å²) in [7, 11) is 0. The predicted octanol–water partition coefficient (Wildman–Crippen LogP) is 2.48. The molecule has 0 saturated heterocycles. The molecular weight excluding hydrogens is 238 g/mol. The highest BCUT2D eigenvalue weighted by Crippen LogP contribution is 2.09. The van der Waals surface area contributed by atoms with Crippen molar-refractivity contribution in [1.82, 2.24) is 9.78 Å². The van der Waals surface area contributed by atoms with Gasteiger partial charge in [-0.25, -0.2) is 0 Å². The Morgan fingerprint density at radius 1 is 1.35 bits per heavy atom. The zero-order valence-electron chi connectivity index (χ0n) is 9.35. The molecule has 0 aliphatic heterocycles. The van der Waals surface area contributed by atoms with Gasteiger partial charge in [0.1, 0.15) is 6.54 Å². The van der Waals surface area contributed by atoms with Crippen molar-refractivity contribution in [3.05, 3.63) is 47.2 Å². The van der Waals surface area contributed by atoms with Gasteiger partial charge in [-0.15, -0.1) is 0 Å². The van der Waals surface area contributed by atoms with Gasteiger partial charge in [-0.3, -0.25) is 9.48 Å². The van der Waals surface area contributed by atoms with Crippen molar-refractivity contribution in [1.29, 1.82) is 0 Å². The Hall–Kier alpha value is -1.81. The molecule has 2 aromatic rings. The summed E-state index contributed by atoms with van der Waals surface area (Å²) in [6.45, 7) is 2.15. The normalized spacial score (nSPS) is 10.2. The average molecular weight is 250 g/mol. The van der Waals surface area contributed by atoms with Gasteiger partial charge in [0.15, 0.2) is 5.15 Å². The molecule has 0 aliphatic carbocycles. The van der Waals surface area contributed by atoms with Gasteiger partial charge in [-0.05, 0) is 25.1 Å². The van der Waals surface area contributed by atoms with Crippen LogP contribution in [-0.2, 0) is 11.3 Å². The first-order valence-corrected chi connectivity index (χ1v) is 5.57. The molecule has 0 spiro atoms. The fraction of sp³-hybridized carbons (Fsp3) is 0.167. The molecule has 1 heterocycles. The Bertz CT molecular complexity index is 519. The minimum atomic E-state index is -0.131. The summed E-state index contributed by atoms with van der Waals surface area (Å²) in [6, 6.07) is 9.26. The van der Waals surface area contributed by atoms with Crippen LogP contribution in [0.2, 0.25) is 5.15 Å². The van der Waals surface area contributed by atoms with Crippen LogP contribution < -0.4 is 5.32 Å². The lowest BCUT2D eigenvalue weighted by atomic mass is 10.2. The lowest BCUT2D eigenvalue weighted by Gasteiger charge is -2.05. The number of hydrogen-bond acceptors (Lipinski definition) is 2. The monoisotopic (exact) mass is 249 g/mol. The Labute approximate surface area is 104 Å². The minimum absolute atomic E-state index is 0.131. The van der Waals surface area contributed by atoms with E-state index in [9.17, 15) is 4.79 Å². The highest BCUT2D eigenvalue weighted by molar-refractivity contribution is 6.29. The van der Waals surface area contributed by atoms with Crippen LogP contribution in [0, 0.1) is 6.92 Å². The number of nitrogens with zero attached hydrogens (tertiary/aromatic N) is 2. The summed E-state index contributed by atoms with van der Waals surface area (Å²) < 4.78 is 1.49. The Kier molecular flexibility index (Phi) is 3.44. The zero-order chi connectivity index (χ0) is 12.3. The topological polar surface area (TPSA) is 46.9 Å². The molecule has 0 fully saturated rings. The quantitative estimate of drug-likeness (QED) is 0.909. The number of nitrogens with one attached hydrogen (secondary N) is 1. The molecule has 1 amide bonds. The minimum Gasteiger partial charge on any atom is -0.324 e. The number of carbonyl (C=O) groups excluding carboxylic acids is 1. The number of amides is 1. The van der Waals surface area contributed by atoms with Crippen LogP contribution in [0.1, 0.15) is 5.56 Å². The Morgan fingerprint density at radius 3 is 2.65 bits per heavy atom. The summed E-state index contributed by atoms with van der Waals surface area (Å²) in [5, 5.41) is 7.09. The van der Waals surface area contributed by atoms with Gasteiger partial charge in [0.2, 0.25) is 5.91 Å². The van der Waals surface area contributed by atoms with Crippen molar-refractivity contribution >= 4 is 23.2 Å². The van der Waals surface area contributed by atoms with Crippen LogP contribution in [0.4, 0.5) is 5.69 Å². The second-order valence-corrected chi connectivity index (χ2v) is 4.14. The number of benzene rings is 1. The molecule has 0 radical (unpaired) electrons. The maximum Gasteiger partial charge on any atom is 0.246 e. The largest absolute Gasteiger partial charge is 0.324 e. The molecule has 0 saturated carbocycles. The van der Waals surface area contributed by atoms with Crippen LogP contribution in [-0.4, -0.2) is 15.7 Å². The predicted molar refractivity (Wildman–Crippen MR) is 67.0 cm³/mol. The van der Waals surface area contributed by atoms with Crippen LogP contribution >= 0.6 is 11.6 Å². The smallest absolute Gasteiger partial charge is 0.246 e. The van der Waals surface area contributed by atoms with Crippen molar-refractivity contribution in [3.8, 4) is 0 Å². The van der Waals surface area contributed by atoms with Gasteiger partial charge >= 0.3 is 0 Å². The van der Waals surface area contributed by atoms with Crippen molar-refractivity contribution in [2.45, 2.75) is 13.5 Å². The highest BCUT2D eigenvalue weighted by atomic mass is 35.5. The van der Waals surface area contributed by atoms with Crippen molar-refractivity contribution in [2.75, 3.05) is 5.32 Å². The van der Waals surface area contributed by atoms with E-state index in [0.717, 1.165) is 11.3 Å².